The van der Waals surface area contributed by atoms with Gasteiger partial charge >= 0.3 is 0 Å². The monoisotopic (exact) mass is 602 g/mol. The van der Waals surface area contributed by atoms with E-state index in [4.69, 9.17) is 14.2 Å². The number of nitrogens with one attached hydrogen (secondary N) is 1. The molecule has 0 fully saturated rings. The molecule has 1 aromatic heterocycles. The summed E-state index contributed by atoms with van der Waals surface area (Å²) < 4.78 is 17.2. The van der Waals surface area contributed by atoms with Crippen LogP contribution >= 0.6 is 0 Å². The minimum Gasteiger partial charge on any atom is -0.497 e. The molecule has 0 saturated heterocycles. The average Bonchev–Trinajstić information content (AvgIpc) is 3.05. The number of aromatic nitrogens is 1. The van der Waals surface area contributed by atoms with Crippen LogP contribution in [0.3, 0.4) is 0 Å². The average molecular weight is 603 g/mol. The maximum Gasteiger partial charge on any atom is 0.234 e. The molecule has 0 spiro atoms. The molecule has 2 aromatic carbocycles. The molecule has 2 heterocycles. The normalized spacial score (nSPS) is 14.7. The van der Waals surface area contributed by atoms with Gasteiger partial charge in [0.15, 0.2) is 0 Å². The third-order valence-electron chi connectivity index (χ3n) is 7.91. The van der Waals surface area contributed by atoms with E-state index in [0.29, 0.717) is 63.7 Å². The van der Waals surface area contributed by atoms with Gasteiger partial charge in [-0.2, -0.15) is 0 Å². The predicted molar refractivity (Wildman–Crippen MR) is 171 cm³/mol. The van der Waals surface area contributed by atoms with E-state index in [0.717, 1.165) is 47.3 Å². The lowest BCUT2D eigenvalue weighted by Crippen LogP contribution is -2.40. The number of amides is 2. The topological polar surface area (TPSA) is 93.2 Å². The lowest BCUT2D eigenvalue weighted by molar-refractivity contribution is -0.132. The Bertz CT molecular complexity index is 1360. The molecule has 0 atom stereocenters. The molecule has 1 aliphatic rings. The Kier molecular flexibility index (Phi) is 12.4. The van der Waals surface area contributed by atoms with Gasteiger partial charge in [-0.05, 0) is 74.9 Å². The Hall–Kier alpha value is -4.11. The zero-order chi connectivity index (χ0) is 31.3. The quantitative estimate of drug-likeness (QED) is 0.343. The number of fused-ring (bicyclic) bond motifs is 1. The van der Waals surface area contributed by atoms with E-state index in [1.54, 1.807) is 26.6 Å². The highest BCUT2D eigenvalue weighted by atomic mass is 16.5. The fourth-order valence-electron chi connectivity index (χ4n) is 5.29. The third-order valence-corrected chi connectivity index (χ3v) is 7.91. The zero-order valence-electron chi connectivity index (χ0n) is 26.5. The number of hydrogen-bond acceptors (Lipinski definition) is 7. The van der Waals surface area contributed by atoms with Crippen molar-refractivity contribution in [3.63, 3.8) is 0 Å². The molecule has 4 rings (SSSR count). The van der Waals surface area contributed by atoms with Crippen molar-refractivity contribution in [2.75, 3.05) is 33.9 Å². The second kappa shape index (κ2) is 16.7. The second-order valence-corrected chi connectivity index (χ2v) is 11.5. The minimum atomic E-state index is 0.0347. The number of pyridine rings is 1. The van der Waals surface area contributed by atoms with E-state index in [1.807, 2.05) is 41.3 Å². The van der Waals surface area contributed by atoms with Crippen molar-refractivity contribution in [1.29, 1.82) is 0 Å². The number of carbonyl (C=O) groups excluding carboxylic acids is 2. The molecule has 9 nitrogen and oxygen atoms in total. The Labute approximate surface area is 261 Å². The SMILES string of the molecule is COc1ccc(CN(Cc2cccnc2)C(=O)CCc2ccc3c(c2)CN(C(C)C)CC(=O)NCCCCCO3)c(OC)c1. The van der Waals surface area contributed by atoms with Gasteiger partial charge in [0, 0.05) is 68.2 Å². The molecule has 2 amide bonds. The van der Waals surface area contributed by atoms with E-state index in [1.165, 1.54) is 0 Å². The van der Waals surface area contributed by atoms with Crippen LogP contribution in [-0.2, 0) is 35.6 Å². The van der Waals surface area contributed by atoms with Gasteiger partial charge in [0.05, 0.1) is 27.4 Å². The molecular weight excluding hydrogens is 556 g/mol. The molecular formula is C35H46N4O5. The van der Waals surface area contributed by atoms with Crippen LogP contribution < -0.4 is 19.5 Å². The zero-order valence-corrected chi connectivity index (χ0v) is 26.5. The molecule has 0 aliphatic carbocycles. The van der Waals surface area contributed by atoms with E-state index >= 15 is 0 Å². The van der Waals surface area contributed by atoms with Gasteiger partial charge in [-0.1, -0.05) is 18.2 Å². The van der Waals surface area contributed by atoms with Crippen molar-refractivity contribution < 1.29 is 23.8 Å². The standard InChI is InChI=1S/C35H46N4O5/c1-26(2)38-24-30-19-27(10-14-32(30)44-18-7-5-6-17-37-34(40)25-38)11-15-35(41)39(22-28-9-8-16-36-21-28)23-29-12-13-31(42-3)20-33(29)43-4/h8-10,12-14,16,19-21,26H,5-7,11,15,17-18,22-25H2,1-4H3,(H,37,40). The van der Waals surface area contributed by atoms with Crippen LogP contribution in [0.15, 0.2) is 60.9 Å². The molecule has 0 unspecified atom stereocenters. The number of ether oxygens (including phenoxy) is 3. The number of benzene rings is 2. The summed E-state index contributed by atoms with van der Waals surface area (Å²) in [5.74, 6) is 2.29. The van der Waals surface area contributed by atoms with Crippen LogP contribution in [0.4, 0.5) is 0 Å². The summed E-state index contributed by atoms with van der Waals surface area (Å²) in [4.78, 5) is 34.6. The van der Waals surface area contributed by atoms with Crippen molar-refractivity contribution in [2.24, 2.45) is 0 Å². The fraction of sp³-hybridized carbons (Fsp3) is 0.457. The Morgan fingerprint density at radius 2 is 1.89 bits per heavy atom. The van der Waals surface area contributed by atoms with E-state index in [9.17, 15) is 9.59 Å². The number of rotatable bonds is 10. The van der Waals surface area contributed by atoms with Gasteiger partial charge in [0.2, 0.25) is 11.8 Å². The first-order chi connectivity index (χ1) is 21.4. The number of aryl methyl sites for hydroxylation is 1. The summed E-state index contributed by atoms with van der Waals surface area (Å²) in [6, 6.07) is 15.9. The highest BCUT2D eigenvalue weighted by Gasteiger charge is 2.20. The first kappa shape index (κ1) is 32.8. The van der Waals surface area contributed by atoms with Gasteiger partial charge in [0.25, 0.3) is 0 Å². The Morgan fingerprint density at radius 1 is 1.02 bits per heavy atom. The van der Waals surface area contributed by atoms with Crippen LogP contribution in [-0.4, -0.2) is 66.6 Å². The summed E-state index contributed by atoms with van der Waals surface area (Å²) in [5.41, 5.74) is 3.95. The Morgan fingerprint density at radius 3 is 2.64 bits per heavy atom. The van der Waals surface area contributed by atoms with Gasteiger partial charge < -0.3 is 24.4 Å². The number of carbonyl (C=O) groups is 2. The molecule has 1 aliphatic heterocycles. The number of methoxy groups -OCH3 is 2. The molecule has 3 aromatic rings. The van der Waals surface area contributed by atoms with Crippen molar-refractivity contribution in [1.82, 2.24) is 20.1 Å². The van der Waals surface area contributed by atoms with Crippen LogP contribution in [0.1, 0.15) is 61.8 Å². The largest absolute Gasteiger partial charge is 0.497 e. The summed E-state index contributed by atoms with van der Waals surface area (Å²) in [6.45, 7) is 7.28. The molecule has 0 bridgehead atoms. The molecule has 0 radical (unpaired) electrons. The third kappa shape index (κ3) is 9.71. The first-order valence-electron chi connectivity index (χ1n) is 15.5. The number of hydrogen-bond donors (Lipinski definition) is 1. The van der Waals surface area contributed by atoms with Crippen LogP contribution in [0.5, 0.6) is 17.2 Å². The van der Waals surface area contributed by atoms with Crippen molar-refractivity contribution in [3.8, 4) is 17.2 Å². The minimum absolute atomic E-state index is 0.0347. The molecule has 44 heavy (non-hydrogen) atoms. The Balaban J connectivity index is 1.52. The van der Waals surface area contributed by atoms with Crippen LogP contribution in [0.25, 0.3) is 0 Å². The maximum absolute atomic E-state index is 13.8. The van der Waals surface area contributed by atoms with E-state index in [2.05, 4.69) is 41.2 Å². The molecule has 0 saturated carbocycles. The molecule has 236 valence electrons. The highest BCUT2D eigenvalue weighted by molar-refractivity contribution is 5.78. The molecule has 9 heteroatoms. The summed E-state index contributed by atoms with van der Waals surface area (Å²) in [5, 5.41) is 3.05. The van der Waals surface area contributed by atoms with E-state index < -0.39 is 0 Å². The smallest absolute Gasteiger partial charge is 0.234 e. The number of nitrogens with zero attached hydrogens (tertiary/aromatic N) is 3. The van der Waals surface area contributed by atoms with Gasteiger partial charge in [-0.25, -0.2) is 0 Å². The van der Waals surface area contributed by atoms with Crippen LogP contribution in [0, 0.1) is 0 Å². The molecule has 1 N–H and O–H groups in total. The highest BCUT2D eigenvalue weighted by Crippen LogP contribution is 2.28. The first-order valence-corrected chi connectivity index (χ1v) is 15.5. The second-order valence-electron chi connectivity index (χ2n) is 11.5. The van der Waals surface area contributed by atoms with Gasteiger partial charge in [-0.3, -0.25) is 19.5 Å². The van der Waals surface area contributed by atoms with Crippen molar-refractivity contribution >= 4 is 11.8 Å². The van der Waals surface area contributed by atoms with Gasteiger partial charge in [0.1, 0.15) is 17.2 Å². The van der Waals surface area contributed by atoms with E-state index in [-0.39, 0.29) is 17.9 Å². The summed E-state index contributed by atoms with van der Waals surface area (Å²) >= 11 is 0. The van der Waals surface area contributed by atoms with Crippen LogP contribution in [0.2, 0.25) is 0 Å². The summed E-state index contributed by atoms with van der Waals surface area (Å²) in [6.07, 6.45) is 7.32. The maximum atomic E-state index is 13.8. The van der Waals surface area contributed by atoms with Crippen molar-refractivity contribution in [3.05, 3.63) is 83.2 Å². The summed E-state index contributed by atoms with van der Waals surface area (Å²) in [7, 11) is 3.24. The van der Waals surface area contributed by atoms with Crippen molar-refractivity contribution in [2.45, 2.75) is 71.6 Å². The van der Waals surface area contributed by atoms with Gasteiger partial charge in [-0.15, -0.1) is 0 Å². The predicted octanol–water partition coefficient (Wildman–Crippen LogP) is 5.15. The fourth-order valence-corrected chi connectivity index (χ4v) is 5.29. The lowest BCUT2D eigenvalue weighted by Gasteiger charge is -2.27. The lowest BCUT2D eigenvalue weighted by atomic mass is 10.0.